The molecule has 2 saturated heterocycles. The molecule has 0 radical (unpaired) electrons. The largest absolute Gasteiger partial charge is 0.317 e. The number of rotatable bonds is 3. The van der Waals surface area contributed by atoms with Gasteiger partial charge in [-0.2, -0.15) is 0 Å². The summed E-state index contributed by atoms with van der Waals surface area (Å²) in [7, 11) is 0. The number of aromatic nitrogens is 3. The first-order chi connectivity index (χ1) is 10.4. The Morgan fingerprint density at radius 3 is 3.00 bits per heavy atom. The summed E-state index contributed by atoms with van der Waals surface area (Å²) in [6.45, 7) is 2.31. The van der Waals surface area contributed by atoms with Gasteiger partial charge in [0.15, 0.2) is 5.65 Å². The van der Waals surface area contributed by atoms with Crippen LogP contribution in [0, 0.1) is 5.92 Å². The summed E-state index contributed by atoms with van der Waals surface area (Å²) in [6, 6.07) is 4.10. The molecule has 0 spiro atoms. The quantitative estimate of drug-likeness (QED) is 0.946. The zero-order valence-electron chi connectivity index (χ0n) is 12.3. The molecule has 1 N–H and O–H groups in total. The first-order valence-corrected chi connectivity index (χ1v) is 9.11. The predicted molar refractivity (Wildman–Crippen MR) is 87.6 cm³/mol. The van der Waals surface area contributed by atoms with Gasteiger partial charge in [-0.3, -0.25) is 4.57 Å². The van der Waals surface area contributed by atoms with E-state index in [1.54, 1.807) is 0 Å². The minimum atomic E-state index is 0.543. The van der Waals surface area contributed by atoms with E-state index in [0.29, 0.717) is 5.37 Å². The Kier molecular flexibility index (Phi) is 3.86. The average molecular weight is 302 g/mol. The van der Waals surface area contributed by atoms with Crippen molar-refractivity contribution in [2.24, 2.45) is 5.92 Å². The Morgan fingerprint density at radius 2 is 2.19 bits per heavy atom. The van der Waals surface area contributed by atoms with Gasteiger partial charge in [0.2, 0.25) is 0 Å². The molecule has 5 heteroatoms. The third-order valence-corrected chi connectivity index (χ3v) is 6.00. The smallest absolute Gasteiger partial charge is 0.160 e. The highest BCUT2D eigenvalue weighted by Gasteiger charge is 2.25. The fourth-order valence-electron chi connectivity index (χ4n) is 3.53. The van der Waals surface area contributed by atoms with Crippen LogP contribution in [-0.4, -0.2) is 33.4 Å². The van der Waals surface area contributed by atoms with Crippen LogP contribution in [0.5, 0.6) is 0 Å². The van der Waals surface area contributed by atoms with Crippen LogP contribution in [0.15, 0.2) is 18.3 Å². The predicted octanol–water partition coefficient (Wildman–Crippen LogP) is 3.00. The van der Waals surface area contributed by atoms with E-state index >= 15 is 0 Å². The van der Waals surface area contributed by atoms with Crippen LogP contribution >= 0.6 is 11.8 Å². The lowest BCUT2D eigenvalue weighted by Gasteiger charge is -2.23. The molecule has 2 aliphatic heterocycles. The second-order valence-corrected chi connectivity index (χ2v) is 7.40. The molecule has 0 aliphatic carbocycles. The molecule has 4 nitrogen and oxygen atoms in total. The van der Waals surface area contributed by atoms with Crippen molar-refractivity contribution in [3.05, 3.63) is 24.2 Å². The number of pyridine rings is 1. The van der Waals surface area contributed by atoms with Gasteiger partial charge in [-0.25, -0.2) is 9.97 Å². The zero-order valence-corrected chi connectivity index (χ0v) is 13.1. The molecule has 0 aromatic carbocycles. The van der Waals surface area contributed by atoms with Crippen molar-refractivity contribution >= 4 is 22.9 Å². The molecule has 1 unspecified atom stereocenters. The number of thioether (sulfide) groups is 1. The lowest BCUT2D eigenvalue weighted by Crippen LogP contribution is -2.29. The minimum absolute atomic E-state index is 0.543. The van der Waals surface area contributed by atoms with E-state index in [4.69, 9.17) is 4.98 Å². The van der Waals surface area contributed by atoms with Crippen LogP contribution < -0.4 is 5.32 Å². The van der Waals surface area contributed by atoms with Crippen LogP contribution in [-0.2, 0) is 6.42 Å². The second-order valence-electron chi connectivity index (χ2n) is 6.11. The lowest BCUT2D eigenvalue weighted by atomic mass is 9.94. The minimum Gasteiger partial charge on any atom is -0.317 e. The molecular formula is C16H22N4S. The van der Waals surface area contributed by atoms with Crippen molar-refractivity contribution in [2.75, 3.05) is 18.8 Å². The molecular weight excluding hydrogens is 280 g/mol. The summed E-state index contributed by atoms with van der Waals surface area (Å²) >= 11 is 2.06. The Hall–Kier alpha value is -1.07. The van der Waals surface area contributed by atoms with Gasteiger partial charge in [0.25, 0.3) is 0 Å². The second kappa shape index (κ2) is 5.97. The molecule has 112 valence electrons. The van der Waals surface area contributed by atoms with Crippen LogP contribution in [0.1, 0.15) is 36.9 Å². The Labute approximate surface area is 129 Å². The van der Waals surface area contributed by atoms with Crippen molar-refractivity contribution in [1.82, 2.24) is 19.9 Å². The molecule has 2 aromatic rings. The molecule has 4 rings (SSSR count). The molecule has 0 bridgehead atoms. The maximum absolute atomic E-state index is 4.92. The van der Waals surface area contributed by atoms with Gasteiger partial charge in [0.1, 0.15) is 11.3 Å². The van der Waals surface area contributed by atoms with E-state index in [1.165, 1.54) is 37.3 Å². The number of hydrogen-bond donors (Lipinski definition) is 1. The van der Waals surface area contributed by atoms with E-state index in [-0.39, 0.29) is 0 Å². The van der Waals surface area contributed by atoms with Gasteiger partial charge in [0, 0.05) is 12.6 Å². The average Bonchev–Trinajstić information content (AvgIpc) is 3.14. The SMILES string of the molecule is c1cnc2c(c1)nc(CC1CCNCC1)n2C1CCCS1. The number of nitrogens with zero attached hydrogens (tertiary/aromatic N) is 3. The van der Waals surface area contributed by atoms with Gasteiger partial charge < -0.3 is 5.32 Å². The van der Waals surface area contributed by atoms with Gasteiger partial charge in [-0.1, -0.05) is 0 Å². The Bertz CT molecular complexity index is 612. The standard InChI is InChI=1S/C16H22N4S/c1-3-13-16(18-7-1)20(15-4-2-10-21-15)14(19-13)11-12-5-8-17-9-6-12/h1,3,7,12,15,17H,2,4-6,8-11H2. The Balaban J connectivity index is 1.70. The Morgan fingerprint density at radius 1 is 1.29 bits per heavy atom. The number of imidazole rings is 1. The van der Waals surface area contributed by atoms with Gasteiger partial charge in [-0.05, 0) is 62.6 Å². The first kappa shape index (κ1) is 13.6. The fraction of sp³-hybridized carbons (Fsp3) is 0.625. The van der Waals surface area contributed by atoms with Crippen LogP contribution in [0.25, 0.3) is 11.2 Å². The molecule has 1 atom stereocenters. The number of piperidine rings is 1. The first-order valence-electron chi connectivity index (χ1n) is 8.06. The van der Waals surface area contributed by atoms with Gasteiger partial charge >= 0.3 is 0 Å². The summed E-state index contributed by atoms with van der Waals surface area (Å²) in [5, 5.41) is 4.00. The van der Waals surface area contributed by atoms with Crippen molar-refractivity contribution in [3.8, 4) is 0 Å². The summed E-state index contributed by atoms with van der Waals surface area (Å²) < 4.78 is 2.44. The molecule has 4 heterocycles. The third kappa shape index (κ3) is 2.69. The monoisotopic (exact) mass is 302 g/mol. The van der Waals surface area contributed by atoms with Gasteiger partial charge in [0.05, 0.1) is 5.37 Å². The van der Waals surface area contributed by atoms with E-state index in [9.17, 15) is 0 Å². The van der Waals surface area contributed by atoms with E-state index in [2.05, 4.69) is 32.7 Å². The summed E-state index contributed by atoms with van der Waals surface area (Å²) in [4.78, 5) is 9.53. The number of nitrogens with one attached hydrogen (secondary N) is 1. The number of fused-ring (bicyclic) bond motifs is 1. The van der Waals surface area contributed by atoms with Crippen LogP contribution in [0.2, 0.25) is 0 Å². The van der Waals surface area contributed by atoms with Crippen molar-refractivity contribution in [1.29, 1.82) is 0 Å². The molecule has 0 amide bonds. The molecule has 2 aliphatic rings. The topological polar surface area (TPSA) is 42.7 Å². The van der Waals surface area contributed by atoms with Crippen molar-refractivity contribution in [2.45, 2.75) is 37.5 Å². The van der Waals surface area contributed by atoms with Crippen molar-refractivity contribution in [3.63, 3.8) is 0 Å². The molecule has 21 heavy (non-hydrogen) atoms. The summed E-state index contributed by atoms with van der Waals surface area (Å²) in [5.41, 5.74) is 2.15. The summed E-state index contributed by atoms with van der Waals surface area (Å²) in [6.07, 6.45) is 8.12. The highest BCUT2D eigenvalue weighted by Crippen LogP contribution is 2.38. The van der Waals surface area contributed by atoms with E-state index in [0.717, 1.165) is 36.6 Å². The highest BCUT2D eigenvalue weighted by atomic mass is 32.2. The van der Waals surface area contributed by atoms with Crippen LogP contribution in [0.3, 0.4) is 0 Å². The fourth-order valence-corrected chi connectivity index (χ4v) is 4.84. The van der Waals surface area contributed by atoms with E-state index in [1.807, 2.05) is 12.3 Å². The van der Waals surface area contributed by atoms with Gasteiger partial charge in [-0.15, -0.1) is 11.8 Å². The molecule has 2 aromatic heterocycles. The maximum Gasteiger partial charge on any atom is 0.160 e. The lowest BCUT2D eigenvalue weighted by molar-refractivity contribution is 0.362. The summed E-state index contributed by atoms with van der Waals surface area (Å²) in [5.74, 6) is 3.30. The zero-order chi connectivity index (χ0) is 14.1. The molecule has 2 fully saturated rings. The highest BCUT2D eigenvalue weighted by molar-refractivity contribution is 7.99. The maximum atomic E-state index is 4.92. The third-order valence-electron chi connectivity index (χ3n) is 4.65. The normalized spacial score (nSPS) is 23.9. The molecule has 0 saturated carbocycles. The number of hydrogen-bond acceptors (Lipinski definition) is 4. The van der Waals surface area contributed by atoms with Crippen LogP contribution in [0.4, 0.5) is 0 Å². The van der Waals surface area contributed by atoms with E-state index < -0.39 is 0 Å². The van der Waals surface area contributed by atoms with Crippen molar-refractivity contribution < 1.29 is 0 Å².